The molecule has 7 heteroatoms. The van der Waals surface area contributed by atoms with Crippen LogP contribution in [0.25, 0.3) is 0 Å². The van der Waals surface area contributed by atoms with E-state index >= 15 is 0 Å². The number of benzene rings is 1. The molecule has 0 aliphatic rings. The van der Waals surface area contributed by atoms with E-state index in [0.29, 0.717) is 18.7 Å². The monoisotopic (exact) mass is 391 g/mol. The van der Waals surface area contributed by atoms with Gasteiger partial charge in [-0.3, -0.25) is 9.59 Å². The van der Waals surface area contributed by atoms with Gasteiger partial charge in [0, 0.05) is 41.7 Å². The van der Waals surface area contributed by atoms with Gasteiger partial charge in [-0.25, -0.2) is 4.98 Å². The molecule has 5 nitrogen and oxygen atoms in total. The second-order valence-corrected chi connectivity index (χ2v) is 8.01. The molecule has 2 amide bonds. The van der Waals surface area contributed by atoms with Crippen molar-refractivity contribution in [1.29, 1.82) is 0 Å². The van der Waals surface area contributed by atoms with Crippen molar-refractivity contribution in [3.05, 3.63) is 45.9 Å². The van der Waals surface area contributed by atoms with Crippen molar-refractivity contribution in [3.63, 3.8) is 0 Å². The van der Waals surface area contributed by atoms with E-state index in [9.17, 15) is 9.59 Å². The fourth-order valence-corrected chi connectivity index (χ4v) is 4.01. The smallest absolute Gasteiger partial charge is 0.254 e. The third-order valence-corrected chi connectivity index (χ3v) is 5.86. The van der Waals surface area contributed by atoms with Crippen LogP contribution in [0, 0.1) is 6.92 Å². The number of hydrogen-bond donors (Lipinski definition) is 0. The number of carbonyl (C=O) groups is 2. The Balaban J connectivity index is 1.91. The Morgan fingerprint density at radius 3 is 2.35 bits per heavy atom. The van der Waals surface area contributed by atoms with Gasteiger partial charge in [-0.1, -0.05) is 0 Å². The molecule has 0 spiro atoms. The molecular weight excluding hydrogens is 366 g/mol. The number of hydrogen-bond acceptors (Lipinski definition) is 5. The summed E-state index contributed by atoms with van der Waals surface area (Å²) >= 11 is 3.35. The van der Waals surface area contributed by atoms with Crippen LogP contribution in [0.1, 0.15) is 34.9 Å². The van der Waals surface area contributed by atoms with Crippen LogP contribution in [0.2, 0.25) is 0 Å². The van der Waals surface area contributed by atoms with Crippen molar-refractivity contribution < 1.29 is 9.59 Å². The summed E-state index contributed by atoms with van der Waals surface area (Å²) in [5.74, 6) is 0.643. The fourth-order valence-electron chi connectivity index (χ4n) is 2.50. The summed E-state index contributed by atoms with van der Waals surface area (Å²) in [6, 6.07) is 7.51. The zero-order chi connectivity index (χ0) is 19.1. The first kappa shape index (κ1) is 20.5. The van der Waals surface area contributed by atoms with Crippen LogP contribution in [0.4, 0.5) is 0 Å². The molecule has 140 valence electrons. The molecule has 0 bridgehead atoms. The Kier molecular flexibility index (Phi) is 7.66. The number of likely N-dealkylation sites (N-methyl/N-ethyl adjacent to an activating group) is 2. The Labute approximate surface area is 163 Å². The van der Waals surface area contributed by atoms with Crippen molar-refractivity contribution in [2.24, 2.45) is 0 Å². The maximum atomic E-state index is 12.5. The molecule has 0 unspecified atom stereocenters. The number of aromatic nitrogens is 1. The highest BCUT2D eigenvalue weighted by molar-refractivity contribution is 7.98. The van der Waals surface area contributed by atoms with Gasteiger partial charge in [-0.2, -0.15) is 0 Å². The number of nitrogens with zero attached hydrogens (tertiary/aromatic N) is 3. The SMILES string of the molecule is CCN(CC)C(=O)CN(C)C(=O)c1ccc(SCc2csc(C)n2)cc1. The average Bonchev–Trinajstić information content (AvgIpc) is 3.06. The summed E-state index contributed by atoms with van der Waals surface area (Å²) < 4.78 is 0. The predicted octanol–water partition coefficient (Wildman–Crippen LogP) is 3.68. The van der Waals surface area contributed by atoms with E-state index in [0.717, 1.165) is 21.3 Å². The van der Waals surface area contributed by atoms with Crippen molar-refractivity contribution in [3.8, 4) is 0 Å². The first-order chi connectivity index (χ1) is 12.4. The topological polar surface area (TPSA) is 53.5 Å². The van der Waals surface area contributed by atoms with Crippen molar-refractivity contribution in [2.45, 2.75) is 31.4 Å². The lowest BCUT2D eigenvalue weighted by molar-refractivity contribution is -0.131. The molecule has 1 aromatic heterocycles. The maximum absolute atomic E-state index is 12.5. The van der Waals surface area contributed by atoms with E-state index < -0.39 is 0 Å². The van der Waals surface area contributed by atoms with Gasteiger partial charge in [0.2, 0.25) is 5.91 Å². The molecule has 0 radical (unpaired) electrons. The molecular formula is C19H25N3O2S2. The van der Waals surface area contributed by atoms with E-state index in [1.54, 1.807) is 35.0 Å². The lowest BCUT2D eigenvalue weighted by atomic mass is 10.2. The maximum Gasteiger partial charge on any atom is 0.254 e. The molecule has 0 N–H and O–H groups in total. The molecule has 0 atom stereocenters. The van der Waals surface area contributed by atoms with Gasteiger partial charge in [0.05, 0.1) is 17.2 Å². The zero-order valence-electron chi connectivity index (χ0n) is 15.7. The van der Waals surface area contributed by atoms with E-state index in [4.69, 9.17) is 0 Å². The fraction of sp³-hybridized carbons (Fsp3) is 0.421. The highest BCUT2D eigenvalue weighted by Gasteiger charge is 2.17. The first-order valence-electron chi connectivity index (χ1n) is 8.61. The van der Waals surface area contributed by atoms with Gasteiger partial charge in [-0.15, -0.1) is 23.1 Å². The van der Waals surface area contributed by atoms with Crippen molar-refractivity contribution in [2.75, 3.05) is 26.7 Å². The Morgan fingerprint density at radius 2 is 1.81 bits per heavy atom. The number of rotatable bonds is 8. The molecule has 1 aromatic carbocycles. The lowest BCUT2D eigenvalue weighted by Crippen LogP contribution is -2.41. The summed E-state index contributed by atoms with van der Waals surface area (Å²) in [4.78, 5) is 33.4. The Hall–Kier alpha value is -1.86. The van der Waals surface area contributed by atoms with E-state index in [1.807, 2.05) is 45.0 Å². The van der Waals surface area contributed by atoms with Gasteiger partial charge in [0.1, 0.15) is 0 Å². The normalized spacial score (nSPS) is 10.6. The van der Waals surface area contributed by atoms with Crippen LogP contribution in [-0.2, 0) is 10.5 Å². The molecule has 1 heterocycles. The standard InChI is InChI=1S/C19H25N3O2S2/c1-5-22(6-2)18(23)11-21(4)19(24)15-7-9-17(10-8-15)26-13-16-12-25-14(3)20-16/h7-10,12H,5-6,11,13H2,1-4H3. The van der Waals surface area contributed by atoms with E-state index in [1.165, 1.54) is 4.90 Å². The summed E-state index contributed by atoms with van der Waals surface area (Å²) in [6.07, 6.45) is 0. The number of thiazole rings is 1. The summed E-state index contributed by atoms with van der Waals surface area (Å²) in [6.45, 7) is 7.28. The molecule has 0 fully saturated rings. The molecule has 0 saturated heterocycles. The molecule has 0 saturated carbocycles. The van der Waals surface area contributed by atoms with Gasteiger partial charge in [0.15, 0.2) is 0 Å². The second-order valence-electron chi connectivity index (χ2n) is 5.90. The van der Waals surface area contributed by atoms with Gasteiger partial charge in [0.25, 0.3) is 5.91 Å². The van der Waals surface area contributed by atoms with Gasteiger partial charge in [-0.05, 0) is 45.0 Å². The van der Waals surface area contributed by atoms with Crippen LogP contribution >= 0.6 is 23.1 Å². The predicted molar refractivity (Wildman–Crippen MR) is 108 cm³/mol. The van der Waals surface area contributed by atoms with Crippen LogP contribution in [0.5, 0.6) is 0 Å². The summed E-state index contributed by atoms with van der Waals surface area (Å²) in [5.41, 5.74) is 1.67. The minimum Gasteiger partial charge on any atom is -0.342 e. The number of thioether (sulfide) groups is 1. The third-order valence-electron chi connectivity index (χ3n) is 3.99. The minimum absolute atomic E-state index is 0.0309. The quantitative estimate of drug-likeness (QED) is 0.644. The average molecular weight is 392 g/mol. The summed E-state index contributed by atoms with van der Waals surface area (Å²) in [7, 11) is 1.66. The number of amides is 2. The number of aryl methyl sites for hydroxylation is 1. The molecule has 2 aromatic rings. The highest BCUT2D eigenvalue weighted by Crippen LogP contribution is 2.24. The molecule has 2 rings (SSSR count). The third kappa shape index (κ3) is 5.57. The minimum atomic E-state index is -0.141. The number of carbonyl (C=O) groups excluding carboxylic acids is 2. The van der Waals surface area contributed by atoms with E-state index in [-0.39, 0.29) is 18.4 Å². The first-order valence-corrected chi connectivity index (χ1v) is 10.5. The molecule has 0 aliphatic heterocycles. The van der Waals surface area contributed by atoms with Crippen molar-refractivity contribution in [1.82, 2.24) is 14.8 Å². The van der Waals surface area contributed by atoms with Gasteiger partial charge < -0.3 is 9.80 Å². The summed E-state index contributed by atoms with van der Waals surface area (Å²) in [5, 5.41) is 3.14. The highest BCUT2D eigenvalue weighted by atomic mass is 32.2. The lowest BCUT2D eigenvalue weighted by Gasteiger charge is -2.23. The Bertz CT molecular complexity index is 739. The van der Waals surface area contributed by atoms with Crippen LogP contribution in [0.3, 0.4) is 0 Å². The van der Waals surface area contributed by atoms with Crippen LogP contribution in [0.15, 0.2) is 34.5 Å². The molecule has 26 heavy (non-hydrogen) atoms. The van der Waals surface area contributed by atoms with Crippen molar-refractivity contribution >= 4 is 34.9 Å². The van der Waals surface area contributed by atoms with Crippen LogP contribution < -0.4 is 0 Å². The van der Waals surface area contributed by atoms with E-state index in [2.05, 4.69) is 10.4 Å². The van der Waals surface area contributed by atoms with Gasteiger partial charge >= 0.3 is 0 Å². The zero-order valence-corrected chi connectivity index (χ0v) is 17.3. The largest absolute Gasteiger partial charge is 0.342 e. The Morgan fingerprint density at radius 1 is 1.15 bits per heavy atom. The second kappa shape index (κ2) is 9.73. The molecule has 0 aliphatic carbocycles. The van der Waals surface area contributed by atoms with Crippen LogP contribution in [-0.4, -0.2) is 53.3 Å².